The van der Waals surface area contributed by atoms with Gasteiger partial charge in [-0.1, -0.05) is 43.9 Å². The van der Waals surface area contributed by atoms with E-state index in [0.29, 0.717) is 48.1 Å². The summed E-state index contributed by atoms with van der Waals surface area (Å²) >= 11 is 1.10. The largest absolute Gasteiger partial charge is 0.497 e. The van der Waals surface area contributed by atoms with Crippen LogP contribution < -0.4 is 19.8 Å². The molecule has 1 aromatic heterocycles. The molecule has 0 saturated carbocycles. The van der Waals surface area contributed by atoms with E-state index in [4.69, 9.17) is 14.2 Å². The summed E-state index contributed by atoms with van der Waals surface area (Å²) in [6, 6.07) is 13.2. The van der Waals surface area contributed by atoms with Crippen LogP contribution >= 0.6 is 11.8 Å². The van der Waals surface area contributed by atoms with Gasteiger partial charge in [0.15, 0.2) is 22.4 Å². The normalized spacial score (nSPS) is 12.9. The van der Waals surface area contributed by atoms with Gasteiger partial charge in [-0.05, 0) is 48.9 Å². The first-order valence-corrected chi connectivity index (χ1v) is 16.9. The van der Waals surface area contributed by atoms with Crippen molar-refractivity contribution in [1.29, 1.82) is 0 Å². The average molecular weight is 541 g/mol. The zero-order valence-electron chi connectivity index (χ0n) is 21.6. The number of carbonyl (C=O) groups excluding carboxylic acids is 1. The monoisotopic (exact) mass is 540 g/mol. The molecule has 2 aromatic carbocycles. The minimum Gasteiger partial charge on any atom is -0.497 e. The molecule has 4 rings (SSSR count). The standard InChI is InChI=1S/C27H32N2O6SSi/c1-33-20-10-8-19(9-11-20)29-26(32)21(6-5-15-37(2,3)4)25(31)28-27(29)36-17-22(30)18-7-12-23-24(16-18)35-14-13-34-23/h7-12,16,31H,5-6,13-15,17H2,1-4H3. The highest BCUT2D eigenvalue weighted by atomic mass is 32.2. The van der Waals surface area contributed by atoms with Crippen LogP contribution in [0.4, 0.5) is 0 Å². The molecule has 0 saturated heterocycles. The molecule has 1 aliphatic rings. The number of hydrogen-bond donors (Lipinski definition) is 1. The zero-order chi connectivity index (χ0) is 26.6. The third kappa shape index (κ3) is 6.55. The van der Waals surface area contributed by atoms with Gasteiger partial charge in [-0.15, -0.1) is 0 Å². The smallest absolute Gasteiger partial charge is 0.265 e. The van der Waals surface area contributed by atoms with E-state index in [1.54, 1.807) is 49.6 Å². The lowest BCUT2D eigenvalue weighted by molar-refractivity contribution is 0.102. The van der Waals surface area contributed by atoms with Crippen LogP contribution in [0.1, 0.15) is 22.3 Å². The van der Waals surface area contributed by atoms with E-state index in [2.05, 4.69) is 24.6 Å². The number of nitrogens with zero attached hydrogens (tertiary/aromatic N) is 2. The van der Waals surface area contributed by atoms with Crippen molar-refractivity contribution in [3.8, 4) is 28.8 Å². The second kappa shape index (κ2) is 11.4. The second-order valence-corrected chi connectivity index (χ2v) is 16.6. The molecule has 3 aromatic rings. The highest BCUT2D eigenvalue weighted by molar-refractivity contribution is 7.99. The summed E-state index contributed by atoms with van der Waals surface area (Å²) in [6.45, 7) is 7.74. The number of methoxy groups -OCH3 is 1. The van der Waals surface area contributed by atoms with Crippen LogP contribution in [0, 0.1) is 0 Å². The number of ketones is 1. The first-order valence-electron chi connectivity index (χ1n) is 12.2. The molecular weight excluding hydrogens is 508 g/mol. The maximum atomic E-state index is 13.6. The van der Waals surface area contributed by atoms with E-state index in [9.17, 15) is 14.7 Å². The molecule has 0 fully saturated rings. The zero-order valence-corrected chi connectivity index (χ0v) is 23.4. The fraction of sp³-hybridized carbons (Fsp3) is 0.370. The third-order valence-corrected chi connectivity index (χ3v) is 8.80. The lowest BCUT2D eigenvalue weighted by Gasteiger charge is -2.18. The van der Waals surface area contributed by atoms with E-state index in [1.165, 1.54) is 4.57 Å². The van der Waals surface area contributed by atoms with Gasteiger partial charge in [-0.3, -0.25) is 14.2 Å². The van der Waals surface area contributed by atoms with E-state index in [0.717, 1.165) is 24.2 Å². The quantitative estimate of drug-likeness (QED) is 0.167. The number of benzene rings is 2. The Morgan fingerprint density at radius 1 is 1.11 bits per heavy atom. The molecule has 1 aliphatic heterocycles. The van der Waals surface area contributed by atoms with Crippen molar-refractivity contribution in [2.75, 3.05) is 26.1 Å². The van der Waals surface area contributed by atoms with Crippen molar-refractivity contribution in [1.82, 2.24) is 9.55 Å². The van der Waals surface area contributed by atoms with Gasteiger partial charge in [0.2, 0.25) is 5.88 Å². The maximum Gasteiger partial charge on any atom is 0.265 e. The van der Waals surface area contributed by atoms with Crippen molar-refractivity contribution in [3.63, 3.8) is 0 Å². The fourth-order valence-corrected chi connectivity index (χ4v) is 6.16. The number of fused-ring (bicyclic) bond motifs is 1. The SMILES string of the molecule is COc1ccc(-n2c(SCC(=O)c3ccc4c(c3)OCCO4)nc(O)c(CCC[Si](C)(C)C)c2=O)cc1. The van der Waals surface area contributed by atoms with Gasteiger partial charge in [-0.2, -0.15) is 4.98 Å². The van der Waals surface area contributed by atoms with Crippen molar-refractivity contribution in [3.05, 3.63) is 63.9 Å². The van der Waals surface area contributed by atoms with Gasteiger partial charge in [0, 0.05) is 13.6 Å². The Labute approximate surface area is 221 Å². The summed E-state index contributed by atoms with van der Waals surface area (Å²) in [4.78, 5) is 31.0. The first-order chi connectivity index (χ1) is 17.7. The van der Waals surface area contributed by atoms with Crippen molar-refractivity contribution in [2.24, 2.45) is 0 Å². The van der Waals surface area contributed by atoms with Crippen molar-refractivity contribution < 1.29 is 24.1 Å². The molecule has 0 spiro atoms. The molecule has 0 bridgehead atoms. The predicted molar refractivity (Wildman–Crippen MR) is 147 cm³/mol. The Morgan fingerprint density at radius 3 is 2.49 bits per heavy atom. The number of carbonyl (C=O) groups is 1. The molecule has 0 unspecified atom stereocenters. The molecule has 2 heterocycles. The van der Waals surface area contributed by atoms with Crippen LogP contribution in [-0.4, -0.2) is 54.6 Å². The molecule has 0 radical (unpaired) electrons. The van der Waals surface area contributed by atoms with Crippen molar-refractivity contribution >= 4 is 25.6 Å². The number of ether oxygens (including phenoxy) is 3. The minimum absolute atomic E-state index is 0.0245. The van der Waals surface area contributed by atoms with Crippen LogP contribution in [0.15, 0.2) is 52.4 Å². The van der Waals surface area contributed by atoms with Crippen LogP contribution in [-0.2, 0) is 6.42 Å². The first kappa shape index (κ1) is 26.8. The number of rotatable bonds is 10. The van der Waals surface area contributed by atoms with Gasteiger partial charge >= 0.3 is 0 Å². The molecular formula is C27H32N2O6SSi. The minimum atomic E-state index is -1.29. The molecule has 0 atom stereocenters. The van der Waals surface area contributed by atoms with Gasteiger partial charge < -0.3 is 19.3 Å². The van der Waals surface area contributed by atoms with E-state index >= 15 is 0 Å². The van der Waals surface area contributed by atoms with Crippen LogP contribution in [0.5, 0.6) is 23.1 Å². The lowest BCUT2D eigenvalue weighted by atomic mass is 10.1. The molecule has 196 valence electrons. The highest BCUT2D eigenvalue weighted by Crippen LogP contribution is 2.32. The Balaban J connectivity index is 1.63. The topological polar surface area (TPSA) is 99.9 Å². The summed E-state index contributed by atoms with van der Waals surface area (Å²) in [5, 5.41) is 11.0. The lowest BCUT2D eigenvalue weighted by Crippen LogP contribution is -2.26. The summed E-state index contributed by atoms with van der Waals surface area (Å²) in [7, 11) is 0.279. The van der Waals surface area contributed by atoms with Crippen LogP contribution in [0.2, 0.25) is 25.7 Å². The average Bonchev–Trinajstić information content (AvgIpc) is 2.88. The Hall–Kier alpha value is -3.24. The number of Topliss-reactive ketones (excluding diaryl/α,β-unsaturated/α-hetero) is 1. The van der Waals surface area contributed by atoms with Crippen LogP contribution in [0.3, 0.4) is 0 Å². The number of aromatic nitrogens is 2. The van der Waals surface area contributed by atoms with Gasteiger partial charge in [0.1, 0.15) is 19.0 Å². The number of aromatic hydroxyl groups is 1. The molecule has 8 nitrogen and oxygen atoms in total. The number of thioether (sulfide) groups is 1. The fourth-order valence-electron chi connectivity index (χ4n) is 4.03. The predicted octanol–water partition coefficient (Wildman–Crippen LogP) is 4.96. The highest BCUT2D eigenvalue weighted by Gasteiger charge is 2.21. The number of hydrogen-bond acceptors (Lipinski definition) is 8. The summed E-state index contributed by atoms with van der Waals surface area (Å²) < 4.78 is 17.8. The van der Waals surface area contributed by atoms with E-state index < -0.39 is 8.07 Å². The van der Waals surface area contributed by atoms with Gasteiger partial charge in [0.25, 0.3) is 5.56 Å². The Morgan fingerprint density at radius 2 is 1.81 bits per heavy atom. The van der Waals surface area contributed by atoms with E-state index in [-0.39, 0.29) is 33.7 Å². The van der Waals surface area contributed by atoms with Gasteiger partial charge in [-0.25, -0.2) is 0 Å². The van der Waals surface area contributed by atoms with Crippen LogP contribution in [0.25, 0.3) is 5.69 Å². The summed E-state index contributed by atoms with van der Waals surface area (Å²) in [6.07, 6.45) is 1.25. The maximum absolute atomic E-state index is 13.6. The van der Waals surface area contributed by atoms with E-state index in [1.807, 2.05) is 0 Å². The summed E-state index contributed by atoms with van der Waals surface area (Å²) in [5.41, 5.74) is 1.01. The third-order valence-electron chi connectivity index (χ3n) is 6.00. The Kier molecular flexibility index (Phi) is 8.28. The molecule has 1 N–H and O–H groups in total. The Bertz CT molecular complexity index is 1330. The molecule has 0 aliphatic carbocycles. The second-order valence-electron chi connectivity index (χ2n) is 10.0. The molecule has 10 heteroatoms. The van der Waals surface area contributed by atoms with Crippen molar-refractivity contribution in [2.45, 2.75) is 43.7 Å². The molecule has 37 heavy (non-hydrogen) atoms. The molecule has 0 amide bonds. The van der Waals surface area contributed by atoms with Gasteiger partial charge in [0.05, 0.1) is 24.1 Å². The summed E-state index contributed by atoms with van der Waals surface area (Å²) in [5.74, 6) is 1.39.